The third-order valence-electron chi connectivity index (χ3n) is 8.64. The fourth-order valence-electron chi connectivity index (χ4n) is 6.07. The van der Waals surface area contributed by atoms with Gasteiger partial charge in [0, 0.05) is 11.6 Å². The number of unbranched alkanes of at least 4 members (excludes halogenated alkanes) is 24. The van der Waals surface area contributed by atoms with Gasteiger partial charge < -0.3 is 5.73 Å². The number of nitrogens with one attached hydrogen (secondary N) is 1. The van der Waals surface area contributed by atoms with Gasteiger partial charge in [0.1, 0.15) is 0 Å². The van der Waals surface area contributed by atoms with Crippen molar-refractivity contribution in [1.82, 2.24) is 5.32 Å². The maximum Gasteiger partial charge on any atom is 0.254 e. The van der Waals surface area contributed by atoms with Crippen LogP contribution in [0.4, 0.5) is 0 Å². The highest BCUT2D eigenvalue weighted by atomic mass is 16.2. The van der Waals surface area contributed by atoms with Crippen LogP contribution in [0.25, 0.3) is 0 Å². The maximum atomic E-state index is 12.3. The lowest BCUT2D eigenvalue weighted by atomic mass is 9.87. The molecule has 0 radical (unpaired) electrons. The number of rotatable bonds is 30. The van der Waals surface area contributed by atoms with Gasteiger partial charge in [0.2, 0.25) is 0 Å². The van der Waals surface area contributed by atoms with E-state index in [9.17, 15) is 9.59 Å². The average molecular weight is 547 g/mol. The SMILES string of the molecule is CCCCCCCCCCCCC(CCCCCCCCCCCCCCCCCCN)C1=CC(=O)NC1=O. The zero-order valence-corrected chi connectivity index (χ0v) is 26.1. The highest BCUT2D eigenvalue weighted by Gasteiger charge is 2.27. The molecular formula is C35H66N2O2. The third-order valence-corrected chi connectivity index (χ3v) is 8.64. The van der Waals surface area contributed by atoms with E-state index in [1.54, 1.807) is 6.08 Å². The number of nitrogens with two attached hydrogens (primary N) is 1. The highest BCUT2D eigenvalue weighted by molar-refractivity contribution is 6.16. The summed E-state index contributed by atoms with van der Waals surface area (Å²) in [5.41, 5.74) is 6.30. The Bertz CT molecular complexity index is 616. The Morgan fingerprint density at radius 2 is 0.872 bits per heavy atom. The first-order valence-corrected chi connectivity index (χ1v) is 17.5. The van der Waals surface area contributed by atoms with E-state index in [2.05, 4.69) is 12.2 Å². The standard InChI is InChI=1S/C35H66N2O2/c1-2-3-4-5-6-7-16-19-22-25-28-32(33-31-34(38)37-35(33)39)29-26-23-20-17-14-12-10-8-9-11-13-15-18-21-24-27-30-36/h31-32H,2-30,36H2,1H3,(H,37,38,39). The molecule has 4 nitrogen and oxygen atoms in total. The van der Waals surface area contributed by atoms with Crippen molar-refractivity contribution in [2.24, 2.45) is 11.7 Å². The predicted molar refractivity (Wildman–Crippen MR) is 169 cm³/mol. The Kier molecular flexibility index (Phi) is 24.9. The fraction of sp³-hybridized carbons (Fsp3) is 0.886. The number of imide groups is 1. The van der Waals surface area contributed by atoms with Crippen molar-refractivity contribution in [2.75, 3.05) is 6.54 Å². The van der Waals surface area contributed by atoms with Crippen molar-refractivity contribution in [2.45, 2.75) is 187 Å². The molecule has 1 aliphatic rings. The molecule has 2 amide bonds. The van der Waals surface area contributed by atoms with E-state index in [0.717, 1.165) is 25.0 Å². The number of amides is 2. The van der Waals surface area contributed by atoms with E-state index in [1.807, 2.05) is 0 Å². The lowest BCUT2D eigenvalue weighted by Crippen LogP contribution is -2.24. The molecule has 3 N–H and O–H groups in total. The predicted octanol–water partition coefficient (Wildman–Crippen LogP) is 10.1. The van der Waals surface area contributed by atoms with Gasteiger partial charge in [-0.15, -0.1) is 0 Å². The first-order chi connectivity index (χ1) is 19.2. The summed E-state index contributed by atoms with van der Waals surface area (Å²) in [6.45, 7) is 3.12. The minimum atomic E-state index is -0.221. The van der Waals surface area contributed by atoms with Crippen LogP contribution in [-0.4, -0.2) is 18.4 Å². The van der Waals surface area contributed by atoms with Crippen LogP contribution in [0.2, 0.25) is 0 Å². The molecule has 39 heavy (non-hydrogen) atoms. The molecule has 0 aliphatic carbocycles. The Morgan fingerprint density at radius 3 is 1.18 bits per heavy atom. The Hall–Kier alpha value is -1.16. The zero-order chi connectivity index (χ0) is 28.2. The van der Waals surface area contributed by atoms with E-state index >= 15 is 0 Å². The number of hydrogen-bond acceptors (Lipinski definition) is 3. The van der Waals surface area contributed by atoms with Crippen LogP contribution in [0.5, 0.6) is 0 Å². The summed E-state index contributed by atoms with van der Waals surface area (Å²) in [6, 6.07) is 0. The van der Waals surface area contributed by atoms with Gasteiger partial charge in [-0.25, -0.2) is 0 Å². The summed E-state index contributed by atoms with van der Waals surface area (Å²) in [4.78, 5) is 24.0. The van der Waals surface area contributed by atoms with E-state index in [1.165, 1.54) is 167 Å². The molecule has 0 fully saturated rings. The van der Waals surface area contributed by atoms with Gasteiger partial charge in [-0.05, 0) is 31.7 Å². The van der Waals surface area contributed by atoms with Crippen molar-refractivity contribution >= 4 is 11.8 Å². The second-order valence-corrected chi connectivity index (χ2v) is 12.3. The lowest BCUT2D eigenvalue weighted by Gasteiger charge is -2.17. The molecule has 1 heterocycles. The number of carbonyl (C=O) groups is 2. The Morgan fingerprint density at radius 1 is 0.538 bits per heavy atom. The van der Waals surface area contributed by atoms with Crippen LogP contribution in [-0.2, 0) is 9.59 Å². The van der Waals surface area contributed by atoms with Gasteiger partial charge in [0.25, 0.3) is 11.8 Å². The van der Waals surface area contributed by atoms with Gasteiger partial charge in [0.05, 0.1) is 0 Å². The van der Waals surface area contributed by atoms with Crippen LogP contribution < -0.4 is 11.1 Å². The van der Waals surface area contributed by atoms with Crippen LogP contribution in [0.15, 0.2) is 11.6 Å². The van der Waals surface area contributed by atoms with Crippen LogP contribution in [0, 0.1) is 5.92 Å². The molecule has 0 saturated carbocycles. The van der Waals surface area contributed by atoms with Gasteiger partial charge >= 0.3 is 0 Å². The molecule has 1 unspecified atom stereocenters. The van der Waals surface area contributed by atoms with Crippen molar-refractivity contribution < 1.29 is 9.59 Å². The van der Waals surface area contributed by atoms with Crippen LogP contribution >= 0.6 is 0 Å². The largest absolute Gasteiger partial charge is 0.330 e. The molecule has 228 valence electrons. The molecule has 0 spiro atoms. The summed E-state index contributed by atoms with van der Waals surface area (Å²) in [5.74, 6) is -0.0996. The van der Waals surface area contributed by atoms with Gasteiger partial charge in [-0.1, -0.05) is 167 Å². The Labute approximate surface area is 243 Å². The van der Waals surface area contributed by atoms with Crippen molar-refractivity contribution in [1.29, 1.82) is 0 Å². The monoisotopic (exact) mass is 547 g/mol. The van der Waals surface area contributed by atoms with Crippen molar-refractivity contribution in [3.8, 4) is 0 Å². The molecule has 0 aromatic carbocycles. The minimum Gasteiger partial charge on any atom is -0.330 e. The van der Waals surface area contributed by atoms with Crippen LogP contribution in [0.3, 0.4) is 0 Å². The Balaban J connectivity index is 2.03. The first kappa shape index (κ1) is 35.9. The summed E-state index contributed by atoms with van der Waals surface area (Å²) < 4.78 is 0. The molecular weight excluding hydrogens is 480 g/mol. The highest BCUT2D eigenvalue weighted by Crippen LogP contribution is 2.28. The van der Waals surface area contributed by atoms with E-state index < -0.39 is 0 Å². The molecule has 0 saturated heterocycles. The molecule has 1 aliphatic heterocycles. The normalized spacial score (nSPS) is 14.2. The van der Waals surface area contributed by atoms with Gasteiger partial charge in [0.15, 0.2) is 0 Å². The van der Waals surface area contributed by atoms with E-state index in [4.69, 9.17) is 5.73 Å². The molecule has 0 aromatic heterocycles. The molecule has 1 rings (SSSR count). The topological polar surface area (TPSA) is 72.2 Å². The third kappa shape index (κ3) is 21.3. The fourth-order valence-corrected chi connectivity index (χ4v) is 6.07. The number of hydrogen-bond donors (Lipinski definition) is 2. The molecule has 1 atom stereocenters. The van der Waals surface area contributed by atoms with E-state index in [-0.39, 0.29) is 17.7 Å². The molecule has 4 heteroatoms. The second-order valence-electron chi connectivity index (χ2n) is 12.3. The van der Waals surface area contributed by atoms with Gasteiger partial charge in [-0.3, -0.25) is 14.9 Å². The zero-order valence-electron chi connectivity index (χ0n) is 26.1. The summed E-state index contributed by atoms with van der Waals surface area (Å²) in [6.07, 6.45) is 38.5. The number of carbonyl (C=O) groups excluding carboxylic acids is 2. The smallest absolute Gasteiger partial charge is 0.254 e. The van der Waals surface area contributed by atoms with Crippen molar-refractivity contribution in [3.05, 3.63) is 11.6 Å². The quantitative estimate of drug-likeness (QED) is 0.0695. The second kappa shape index (κ2) is 27.0. The molecule has 0 bridgehead atoms. The van der Waals surface area contributed by atoms with Crippen LogP contribution in [0.1, 0.15) is 187 Å². The average Bonchev–Trinajstić information content (AvgIpc) is 3.27. The summed E-state index contributed by atoms with van der Waals surface area (Å²) >= 11 is 0. The molecule has 0 aromatic rings. The minimum absolute atomic E-state index is 0.139. The van der Waals surface area contributed by atoms with Gasteiger partial charge in [-0.2, -0.15) is 0 Å². The van der Waals surface area contributed by atoms with E-state index in [0.29, 0.717) is 0 Å². The maximum absolute atomic E-state index is 12.3. The lowest BCUT2D eigenvalue weighted by molar-refractivity contribution is -0.124. The summed E-state index contributed by atoms with van der Waals surface area (Å²) in [5, 5.41) is 2.47. The first-order valence-electron chi connectivity index (χ1n) is 17.5. The summed E-state index contributed by atoms with van der Waals surface area (Å²) in [7, 11) is 0. The van der Waals surface area contributed by atoms with Crippen molar-refractivity contribution in [3.63, 3.8) is 0 Å².